The van der Waals surface area contributed by atoms with Gasteiger partial charge in [0.05, 0.1) is 0 Å². The summed E-state index contributed by atoms with van der Waals surface area (Å²) in [5.74, 6) is -1.91. The first-order valence-corrected chi connectivity index (χ1v) is 5.29. The highest BCUT2D eigenvalue weighted by Crippen LogP contribution is 2.25. The first kappa shape index (κ1) is 15.2. The maximum atomic E-state index is 10.6. The van der Waals surface area contributed by atoms with Crippen molar-refractivity contribution in [2.45, 2.75) is 44.7 Å². The molecule has 1 rings (SSSR count). The van der Waals surface area contributed by atoms with Crippen LogP contribution in [0, 0.1) is 5.92 Å². The Labute approximate surface area is 92.3 Å². The van der Waals surface area contributed by atoms with Gasteiger partial charge in [-0.2, -0.15) is 13.2 Å². The summed E-state index contributed by atoms with van der Waals surface area (Å²) in [4.78, 5) is 8.90. The zero-order valence-corrected chi connectivity index (χ0v) is 8.96. The Balaban J connectivity index is 0.000000293. The fraction of sp³-hybridized carbons (Fsp3) is 0.900. The van der Waals surface area contributed by atoms with Crippen LogP contribution in [0.15, 0.2) is 0 Å². The van der Waals surface area contributed by atoms with Crippen LogP contribution in [0.2, 0.25) is 0 Å². The van der Waals surface area contributed by atoms with Crippen molar-refractivity contribution in [2.75, 3.05) is 6.61 Å². The minimum absolute atomic E-state index is 0.394. The summed E-state index contributed by atoms with van der Waals surface area (Å²) in [5, 5.41) is 15.7. The summed E-state index contributed by atoms with van der Waals surface area (Å²) in [6.07, 6.45) is 2.89. The summed E-state index contributed by atoms with van der Waals surface area (Å²) in [7, 11) is 0. The molecule has 0 spiro atoms. The predicted octanol–water partition coefficient (Wildman–Crippen LogP) is 2.58. The molecule has 0 aromatic rings. The van der Waals surface area contributed by atoms with Gasteiger partial charge in [0.25, 0.3) is 0 Å². The van der Waals surface area contributed by atoms with Gasteiger partial charge in [0.1, 0.15) is 0 Å². The second-order valence-corrected chi connectivity index (χ2v) is 3.82. The van der Waals surface area contributed by atoms with Crippen LogP contribution in [-0.4, -0.2) is 29.0 Å². The van der Waals surface area contributed by atoms with Crippen molar-refractivity contribution >= 4 is 5.97 Å². The van der Waals surface area contributed by atoms with Gasteiger partial charge < -0.3 is 10.2 Å². The Kier molecular flexibility index (Phi) is 7.12. The number of aliphatic hydroxyl groups is 1. The van der Waals surface area contributed by atoms with Crippen LogP contribution in [0.4, 0.5) is 13.2 Å². The highest BCUT2D eigenvalue weighted by Gasteiger charge is 2.38. The largest absolute Gasteiger partial charge is 0.490 e. The number of aliphatic carboxylic acids is 1. The molecule has 0 aromatic heterocycles. The number of halogens is 3. The Morgan fingerprint density at radius 1 is 1.19 bits per heavy atom. The van der Waals surface area contributed by atoms with Gasteiger partial charge in [0.2, 0.25) is 0 Å². The topological polar surface area (TPSA) is 57.5 Å². The zero-order valence-electron chi connectivity index (χ0n) is 8.96. The van der Waals surface area contributed by atoms with E-state index >= 15 is 0 Å². The molecular formula is C10H17F3O3. The molecule has 0 saturated heterocycles. The number of hydrogen-bond acceptors (Lipinski definition) is 2. The maximum absolute atomic E-state index is 10.6. The van der Waals surface area contributed by atoms with Gasteiger partial charge in [-0.1, -0.05) is 32.1 Å². The SMILES string of the molecule is O=C(O)C(F)(F)F.OCCC1CCCCC1. The average Bonchev–Trinajstić information content (AvgIpc) is 2.19. The van der Waals surface area contributed by atoms with Crippen molar-refractivity contribution in [3.05, 3.63) is 0 Å². The van der Waals surface area contributed by atoms with Crippen molar-refractivity contribution in [1.82, 2.24) is 0 Å². The average molecular weight is 242 g/mol. The van der Waals surface area contributed by atoms with E-state index in [1.165, 1.54) is 32.1 Å². The van der Waals surface area contributed by atoms with Crippen LogP contribution >= 0.6 is 0 Å². The summed E-state index contributed by atoms with van der Waals surface area (Å²) >= 11 is 0. The molecule has 0 amide bonds. The molecule has 0 bridgehead atoms. The molecule has 3 nitrogen and oxygen atoms in total. The van der Waals surface area contributed by atoms with Gasteiger partial charge in [-0.25, -0.2) is 4.79 Å². The lowest BCUT2D eigenvalue weighted by molar-refractivity contribution is -0.192. The lowest BCUT2D eigenvalue weighted by atomic mass is 9.87. The van der Waals surface area contributed by atoms with Crippen LogP contribution in [0.25, 0.3) is 0 Å². The van der Waals surface area contributed by atoms with Crippen molar-refractivity contribution in [3.8, 4) is 0 Å². The van der Waals surface area contributed by atoms with Crippen molar-refractivity contribution in [3.63, 3.8) is 0 Å². The lowest BCUT2D eigenvalue weighted by Crippen LogP contribution is -2.21. The molecule has 2 N–H and O–H groups in total. The second-order valence-electron chi connectivity index (χ2n) is 3.82. The number of hydrogen-bond donors (Lipinski definition) is 2. The molecule has 0 aromatic carbocycles. The Hall–Kier alpha value is -0.780. The van der Waals surface area contributed by atoms with Crippen LogP contribution < -0.4 is 0 Å². The first-order valence-electron chi connectivity index (χ1n) is 5.29. The molecular weight excluding hydrogens is 225 g/mol. The third kappa shape index (κ3) is 7.50. The molecule has 0 radical (unpaired) electrons. The third-order valence-electron chi connectivity index (χ3n) is 2.50. The van der Waals surface area contributed by atoms with Crippen molar-refractivity contribution in [2.24, 2.45) is 5.92 Å². The monoisotopic (exact) mass is 242 g/mol. The van der Waals surface area contributed by atoms with Gasteiger partial charge in [-0.3, -0.25) is 0 Å². The first-order chi connectivity index (χ1) is 7.38. The molecule has 0 heterocycles. The number of alkyl halides is 3. The molecule has 96 valence electrons. The molecule has 1 fully saturated rings. The number of aliphatic hydroxyl groups excluding tert-OH is 1. The summed E-state index contributed by atoms with van der Waals surface area (Å²) in [6, 6.07) is 0. The van der Waals surface area contributed by atoms with Crippen molar-refractivity contribution in [1.29, 1.82) is 0 Å². The van der Waals surface area contributed by atoms with Gasteiger partial charge in [-0.05, 0) is 12.3 Å². The van der Waals surface area contributed by atoms with Crippen LogP contribution in [0.5, 0.6) is 0 Å². The Morgan fingerprint density at radius 2 is 1.62 bits per heavy atom. The molecule has 0 aliphatic heterocycles. The highest BCUT2D eigenvalue weighted by atomic mass is 19.4. The Bertz CT molecular complexity index is 195. The van der Waals surface area contributed by atoms with Crippen LogP contribution in [0.1, 0.15) is 38.5 Å². The number of carboxylic acids is 1. The normalized spacial score (nSPS) is 17.5. The number of carboxylic acid groups (broad SMARTS) is 1. The molecule has 1 aliphatic carbocycles. The zero-order chi connectivity index (χ0) is 12.6. The highest BCUT2D eigenvalue weighted by molar-refractivity contribution is 5.73. The van der Waals surface area contributed by atoms with Crippen LogP contribution in [0.3, 0.4) is 0 Å². The number of rotatable bonds is 2. The Morgan fingerprint density at radius 3 is 1.94 bits per heavy atom. The van der Waals surface area contributed by atoms with Gasteiger partial charge in [-0.15, -0.1) is 0 Å². The van der Waals surface area contributed by atoms with E-state index in [0.29, 0.717) is 6.61 Å². The van der Waals surface area contributed by atoms with E-state index in [1.54, 1.807) is 0 Å². The number of carbonyl (C=O) groups is 1. The molecule has 0 unspecified atom stereocenters. The minimum Gasteiger partial charge on any atom is -0.475 e. The summed E-state index contributed by atoms with van der Waals surface area (Å²) in [6.45, 7) is 0.394. The van der Waals surface area contributed by atoms with E-state index in [1.807, 2.05) is 0 Å². The molecule has 16 heavy (non-hydrogen) atoms. The van der Waals surface area contributed by atoms with Crippen molar-refractivity contribution < 1.29 is 28.2 Å². The molecule has 0 atom stereocenters. The standard InChI is InChI=1S/C8H16O.C2HF3O2/c9-7-6-8-4-2-1-3-5-8;3-2(4,5)1(6)7/h8-9H,1-7H2;(H,6,7). The predicted molar refractivity (Wildman–Crippen MR) is 52.0 cm³/mol. The summed E-state index contributed by atoms with van der Waals surface area (Å²) in [5.41, 5.74) is 0. The van der Waals surface area contributed by atoms with E-state index in [0.717, 1.165) is 12.3 Å². The van der Waals surface area contributed by atoms with E-state index in [-0.39, 0.29) is 0 Å². The molecule has 1 saturated carbocycles. The summed E-state index contributed by atoms with van der Waals surface area (Å²) < 4.78 is 31.7. The van der Waals surface area contributed by atoms with Gasteiger partial charge >= 0.3 is 12.1 Å². The fourth-order valence-electron chi connectivity index (χ4n) is 1.66. The van der Waals surface area contributed by atoms with Crippen LogP contribution in [-0.2, 0) is 4.79 Å². The quantitative estimate of drug-likeness (QED) is 0.782. The van der Waals surface area contributed by atoms with Gasteiger partial charge in [0.15, 0.2) is 0 Å². The third-order valence-corrected chi connectivity index (χ3v) is 2.50. The minimum atomic E-state index is -5.08. The van der Waals surface area contributed by atoms with E-state index in [4.69, 9.17) is 15.0 Å². The maximum Gasteiger partial charge on any atom is 0.490 e. The van der Waals surface area contributed by atoms with E-state index < -0.39 is 12.1 Å². The molecule has 6 heteroatoms. The van der Waals surface area contributed by atoms with E-state index in [2.05, 4.69) is 0 Å². The molecule has 1 aliphatic rings. The smallest absolute Gasteiger partial charge is 0.475 e. The lowest BCUT2D eigenvalue weighted by Gasteiger charge is -2.19. The van der Waals surface area contributed by atoms with Gasteiger partial charge in [0, 0.05) is 6.61 Å². The second kappa shape index (κ2) is 7.49. The van der Waals surface area contributed by atoms with E-state index in [9.17, 15) is 13.2 Å². The fourth-order valence-corrected chi connectivity index (χ4v) is 1.66.